The van der Waals surface area contributed by atoms with Gasteiger partial charge in [0.05, 0.1) is 0 Å². The molecule has 1 aromatic heterocycles. The molecule has 0 bridgehead atoms. The first-order valence-corrected chi connectivity index (χ1v) is 6.90. The van der Waals surface area contributed by atoms with Gasteiger partial charge in [-0.3, -0.25) is 4.68 Å². The van der Waals surface area contributed by atoms with Crippen LogP contribution in [0.5, 0.6) is 5.75 Å². The molecule has 0 saturated heterocycles. The zero-order chi connectivity index (χ0) is 15.1. The number of aromatic nitrogens is 2. The quantitative estimate of drug-likeness (QED) is 0.716. The molecule has 2 aromatic rings. The number of hydrogen-bond donors (Lipinski definition) is 2. The van der Waals surface area contributed by atoms with Crippen molar-refractivity contribution in [2.24, 2.45) is 7.05 Å². The van der Waals surface area contributed by atoms with Crippen LogP contribution in [0, 0.1) is 5.82 Å². The Hall–Kier alpha value is -1.92. The van der Waals surface area contributed by atoms with Crippen LogP contribution in [0.15, 0.2) is 36.5 Å². The van der Waals surface area contributed by atoms with E-state index < -0.39 is 11.9 Å². The summed E-state index contributed by atoms with van der Waals surface area (Å²) in [6.45, 7) is 1.18. The highest BCUT2D eigenvalue weighted by Crippen LogP contribution is 2.15. The number of nitrogens with zero attached hydrogens (tertiary/aromatic N) is 2. The van der Waals surface area contributed by atoms with E-state index in [1.165, 1.54) is 12.1 Å². The van der Waals surface area contributed by atoms with Gasteiger partial charge in [-0.25, -0.2) is 4.39 Å². The second kappa shape index (κ2) is 7.75. The van der Waals surface area contributed by atoms with E-state index in [4.69, 9.17) is 4.74 Å². The molecule has 1 aromatic carbocycles. The van der Waals surface area contributed by atoms with Crippen LogP contribution in [0.1, 0.15) is 5.69 Å². The van der Waals surface area contributed by atoms with Gasteiger partial charge in [-0.05, 0) is 18.2 Å². The van der Waals surface area contributed by atoms with Crippen LogP contribution >= 0.6 is 0 Å². The molecule has 6 heteroatoms. The van der Waals surface area contributed by atoms with Crippen LogP contribution in [0.2, 0.25) is 0 Å². The molecule has 2 N–H and O–H groups in total. The lowest BCUT2D eigenvalue weighted by Crippen LogP contribution is -2.32. The number of aliphatic hydroxyl groups excluding tert-OH is 1. The maximum absolute atomic E-state index is 13.3. The smallest absolute Gasteiger partial charge is 0.165 e. The van der Waals surface area contributed by atoms with Crippen LogP contribution in [0.25, 0.3) is 0 Å². The molecule has 0 aliphatic rings. The number of hydrogen-bond acceptors (Lipinski definition) is 4. The SMILES string of the molecule is Cn1nccc1CCNCC(O)COc1ccccc1F. The van der Waals surface area contributed by atoms with Crippen molar-refractivity contribution in [2.45, 2.75) is 12.5 Å². The molecule has 114 valence electrons. The summed E-state index contributed by atoms with van der Waals surface area (Å²) in [7, 11) is 1.90. The molecule has 0 saturated carbocycles. The molecule has 0 spiro atoms. The summed E-state index contributed by atoms with van der Waals surface area (Å²) in [5.41, 5.74) is 1.12. The average molecular weight is 293 g/mol. The summed E-state index contributed by atoms with van der Waals surface area (Å²) in [5, 5.41) is 17.0. The maximum Gasteiger partial charge on any atom is 0.165 e. The molecule has 1 atom stereocenters. The Morgan fingerprint density at radius 1 is 1.38 bits per heavy atom. The fourth-order valence-electron chi connectivity index (χ4n) is 1.94. The van der Waals surface area contributed by atoms with E-state index >= 15 is 0 Å². The van der Waals surface area contributed by atoms with E-state index in [2.05, 4.69) is 10.4 Å². The van der Waals surface area contributed by atoms with Crippen molar-refractivity contribution in [3.8, 4) is 5.75 Å². The lowest BCUT2D eigenvalue weighted by molar-refractivity contribution is 0.104. The zero-order valence-electron chi connectivity index (χ0n) is 12.0. The Balaban J connectivity index is 1.63. The van der Waals surface area contributed by atoms with Gasteiger partial charge in [0, 0.05) is 38.4 Å². The van der Waals surface area contributed by atoms with Gasteiger partial charge < -0.3 is 15.2 Å². The van der Waals surface area contributed by atoms with Crippen LogP contribution in [0.4, 0.5) is 4.39 Å². The maximum atomic E-state index is 13.3. The predicted octanol–water partition coefficient (Wildman–Crippen LogP) is 1.13. The van der Waals surface area contributed by atoms with Gasteiger partial charge in [0.15, 0.2) is 11.6 Å². The summed E-state index contributed by atoms with van der Waals surface area (Å²) >= 11 is 0. The minimum Gasteiger partial charge on any atom is -0.488 e. The minimum absolute atomic E-state index is 0.0552. The third-order valence-corrected chi connectivity index (χ3v) is 3.13. The number of aliphatic hydroxyl groups is 1. The van der Waals surface area contributed by atoms with Crippen molar-refractivity contribution in [1.29, 1.82) is 0 Å². The standard InChI is InChI=1S/C15H20FN3O2/c1-19-12(7-9-18-19)6-8-17-10-13(20)11-21-15-5-3-2-4-14(15)16/h2-5,7,9,13,17,20H,6,8,10-11H2,1H3. The van der Waals surface area contributed by atoms with Gasteiger partial charge in [-0.2, -0.15) is 5.10 Å². The summed E-state index contributed by atoms with van der Waals surface area (Å²) in [6, 6.07) is 8.11. The molecule has 0 fully saturated rings. The van der Waals surface area contributed by atoms with Crippen molar-refractivity contribution >= 4 is 0 Å². The highest BCUT2D eigenvalue weighted by Gasteiger charge is 2.07. The molecule has 2 rings (SSSR count). The Morgan fingerprint density at radius 2 is 2.19 bits per heavy atom. The van der Waals surface area contributed by atoms with E-state index in [-0.39, 0.29) is 12.4 Å². The molecule has 0 radical (unpaired) electrons. The van der Waals surface area contributed by atoms with Gasteiger partial charge in [0.1, 0.15) is 12.7 Å². The van der Waals surface area contributed by atoms with Crippen LogP contribution in [-0.4, -0.2) is 40.7 Å². The highest BCUT2D eigenvalue weighted by molar-refractivity contribution is 5.23. The second-order valence-electron chi connectivity index (χ2n) is 4.80. The average Bonchev–Trinajstić information content (AvgIpc) is 2.88. The van der Waals surface area contributed by atoms with Gasteiger partial charge in [-0.1, -0.05) is 12.1 Å². The number of ether oxygens (including phenoxy) is 1. The number of nitrogens with one attached hydrogen (secondary N) is 1. The Labute approximate surface area is 123 Å². The zero-order valence-corrected chi connectivity index (χ0v) is 12.0. The first-order chi connectivity index (χ1) is 10.2. The molecular weight excluding hydrogens is 273 g/mol. The van der Waals surface area contributed by atoms with Crippen molar-refractivity contribution in [1.82, 2.24) is 15.1 Å². The number of rotatable bonds is 8. The fourth-order valence-corrected chi connectivity index (χ4v) is 1.94. The third kappa shape index (κ3) is 4.84. The number of halogens is 1. The summed E-state index contributed by atoms with van der Waals surface area (Å²) < 4.78 is 20.4. The fraction of sp³-hybridized carbons (Fsp3) is 0.400. The van der Waals surface area contributed by atoms with E-state index in [1.807, 2.05) is 17.8 Å². The van der Waals surface area contributed by atoms with Crippen molar-refractivity contribution in [2.75, 3.05) is 19.7 Å². The molecular formula is C15H20FN3O2. The van der Waals surface area contributed by atoms with E-state index in [0.717, 1.165) is 18.7 Å². The largest absolute Gasteiger partial charge is 0.488 e. The second-order valence-corrected chi connectivity index (χ2v) is 4.80. The molecule has 0 aliphatic carbocycles. The van der Waals surface area contributed by atoms with Gasteiger partial charge in [0.2, 0.25) is 0 Å². The molecule has 21 heavy (non-hydrogen) atoms. The van der Waals surface area contributed by atoms with E-state index in [0.29, 0.717) is 6.54 Å². The van der Waals surface area contributed by atoms with Crippen LogP contribution < -0.4 is 10.1 Å². The number of para-hydroxylation sites is 1. The van der Waals surface area contributed by atoms with Gasteiger partial charge >= 0.3 is 0 Å². The van der Waals surface area contributed by atoms with E-state index in [9.17, 15) is 9.50 Å². The topological polar surface area (TPSA) is 59.3 Å². The van der Waals surface area contributed by atoms with Crippen LogP contribution in [0.3, 0.4) is 0 Å². The number of aryl methyl sites for hydroxylation is 1. The summed E-state index contributed by atoms with van der Waals surface area (Å²) in [5.74, 6) is -0.264. The Bertz CT molecular complexity index is 559. The normalized spacial score (nSPS) is 12.3. The summed E-state index contributed by atoms with van der Waals surface area (Å²) in [6.07, 6.45) is 1.90. The molecule has 1 unspecified atom stereocenters. The minimum atomic E-state index is -0.684. The summed E-state index contributed by atoms with van der Waals surface area (Å²) in [4.78, 5) is 0. The van der Waals surface area contributed by atoms with Gasteiger partial charge in [-0.15, -0.1) is 0 Å². The van der Waals surface area contributed by atoms with Crippen LogP contribution in [-0.2, 0) is 13.5 Å². The lowest BCUT2D eigenvalue weighted by atomic mass is 10.3. The predicted molar refractivity (Wildman–Crippen MR) is 77.7 cm³/mol. The van der Waals surface area contributed by atoms with Crippen molar-refractivity contribution in [3.05, 3.63) is 48.0 Å². The number of benzene rings is 1. The van der Waals surface area contributed by atoms with E-state index in [1.54, 1.807) is 18.3 Å². The first-order valence-electron chi connectivity index (χ1n) is 6.90. The van der Waals surface area contributed by atoms with Gasteiger partial charge in [0.25, 0.3) is 0 Å². The Morgan fingerprint density at radius 3 is 2.90 bits per heavy atom. The molecule has 0 aliphatic heterocycles. The third-order valence-electron chi connectivity index (χ3n) is 3.13. The first kappa shape index (κ1) is 15.5. The molecule has 5 nitrogen and oxygen atoms in total. The van der Waals surface area contributed by atoms with Crippen molar-refractivity contribution in [3.63, 3.8) is 0 Å². The monoisotopic (exact) mass is 293 g/mol. The molecule has 0 amide bonds. The Kier molecular flexibility index (Phi) is 5.71. The van der Waals surface area contributed by atoms with Crippen molar-refractivity contribution < 1.29 is 14.2 Å². The lowest BCUT2D eigenvalue weighted by Gasteiger charge is -2.13. The molecule has 1 heterocycles. The highest BCUT2D eigenvalue weighted by atomic mass is 19.1.